The van der Waals surface area contributed by atoms with Gasteiger partial charge >= 0.3 is 0 Å². The Hall–Kier alpha value is -2.45. The third kappa shape index (κ3) is 7.31. The van der Waals surface area contributed by atoms with Crippen molar-refractivity contribution in [2.45, 2.75) is 24.3 Å². The molecule has 1 amide bonds. The van der Waals surface area contributed by atoms with Crippen molar-refractivity contribution in [1.82, 2.24) is 14.6 Å². The number of carbonyl (C=O) groups excluding carboxylic acids is 1. The highest BCUT2D eigenvalue weighted by atomic mass is 32.2. The Morgan fingerprint density at radius 3 is 2.47 bits per heavy atom. The molecule has 0 saturated carbocycles. The highest BCUT2D eigenvalue weighted by Crippen LogP contribution is 2.23. The van der Waals surface area contributed by atoms with Crippen molar-refractivity contribution in [3.8, 4) is 0 Å². The summed E-state index contributed by atoms with van der Waals surface area (Å²) in [4.78, 5) is 26.7. The summed E-state index contributed by atoms with van der Waals surface area (Å²) >= 11 is 1.18. The summed E-state index contributed by atoms with van der Waals surface area (Å²) in [6, 6.07) is 4.71. The van der Waals surface area contributed by atoms with Gasteiger partial charge in [0, 0.05) is 58.0 Å². The van der Waals surface area contributed by atoms with E-state index in [1.54, 1.807) is 12.5 Å². The number of sulfonamides is 1. The predicted molar refractivity (Wildman–Crippen MR) is 118 cm³/mol. The molecule has 32 heavy (non-hydrogen) atoms. The number of hydrogen-bond donors (Lipinski definition) is 1. The lowest BCUT2D eigenvalue weighted by atomic mass is 10.3. The van der Waals surface area contributed by atoms with Crippen molar-refractivity contribution in [2.75, 3.05) is 40.5 Å². The molecule has 0 aliphatic carbocycles. The standard InChI is InChI=1S/C19H26N4O7S2/c1-29-11-3-9-20-19(24)17-14-31-18(21-17)13-22(10-4-12-30-2)32(27,28)16-7-5-15(6-8-16)23(25)26/h5-8,14H,3-4,9-13H2,1-2H3,(H,20,24). The lowest BCUT2D eigenvalue weighted by molar-refractivity contribution is -0.384. The summed E-state index contributed by atoms with van der Waals surface area (Å²) in [5.74, 6) is -0.340. The molecule has 176 valence electrons. The monoisotopic (exact) mass is 486 g/mol. The van der Waals surface area contributed by atoms with Gasteiger partial charge in [-0.25, -0.2) is 13.4 Å². The zero-order chi connectivity index (χ0) is 23.6. The molecule has 0 fully saturated rings. The van der Waals surface area contributed by atoms with Crippen LogP contribution in [0.3, 0.4) is 0 Å². The number of carbonyl (C=O) groups is 1. The van der Waals surface area contributed by atoms with Gasteiger partial charge in [0.15, 0.2) is 0 Å². The first-order chi connectivity index (χ1) is 15.3. The van der Waals surface area contributed by atoms with E-state index in [9.17, 15) is 23.3 Å². The number of nitrogens with zero attached hydrogens (tertiary/aromatic N) is 3. The average Bonchev–Trinajstić information content (AvgIpc) is 3.25. The molecule has 1 aromatic heterocycles. The Balaban J connectivity index is 2.16. The fourth-order valence-corrected chi connectivity index (χ4v) is 5.02. The molecule has 13 heteroatoms. The number of nitrogens with one attached hydrogen (secondary N) is 1. The minimum absolute atomic E-state index is 0.0370. The van der Waals surface area contributed by atoms with Gasteiger partial charge < -0.3 is 14.8 Å². The molecule has 0 saturated heterocycles. The van der Waals surface area contributed by atoms with E-state index in [1.165, 1.54) is 34.9 Å². The van der Waals surface area contributed by atoms with Crippen LogP contribution in [0, 0.1) is 10.1 Å². The Kier molecular flexibility index (Phi) is 10.1. The largest absolute Gasteiger partial charge is 0.385 e. The SMILES string of the molecule is COCCCNC(=O)c1csc(CN(CCCOC)S(=O)(=O)c2ccc([N+](=O)[O-])cc2)n1. The number of hydrogen-bond acceptors (Lipinski definition) is 9. The van der Waals surface area contributed by atoms with Crippen molar-refractivity contribution >= 4 is 33.0 Å². The van der Waals surface area contributed by atoms with E-state index < -0.39 is 14.9 Å². The van der Waals surface area contributed by atoms with Gasteiger partial charge in [-0.15, -0.1) is 11.3 Å². The van der Waals surface area contributed by atoms with Gasteiger partial charge in [-0.2, -0.15) is 4.31 Å². The fraction of sp³-hybridized carbons (Fsp3) is 0.474. The van der Waals surface area contributed by atoms with E-state index >= 15 is 0 Å². The molecule has 0 aliphatic rings. The molecule has 0 aliphatic heterocycles. The number of methoxy groups -OCH3 is 2. The first kappa shape index (κ1) is 25.8. The number of non-ortho nitro benzene ring substituents is 1. The maximum Gasteiger partial charge on any atom is 0.270 e. The smallest absolute Gasteiger partial charge is 0.270 e. The van der Waals surface area contributed by atoms with Gasteiger partial charge in [-0.3, -0.25) is 14.9 Å². The highest BCUT2D eigenvalue weighted by Gasteiger charge is 2.26. The Morgan fingerprint density at radius 1 is 1.19 bits per heavy atom. The van der Waals surface area contributed by atoms with E-state index in [1.807, 2.05) is 0 Å². The van der Waals surface area contributed by atoms with Crippen LogP contribution in [0.4, 0.5) is 5.69 Å². The molecule has 2 rings (SSSR count). The zero-order valence-corrected chi connectivity index (χ0v) is 19.5. The van der Waals surface area contributed by atoms with Gasteiger partial charge in [0.25, 0.3) is 11.6 Å². The molecular weight excluding hydrogens is 460 g/mol. The number of aromatic nitrogens is 1. The summed E-state index contributed by atoms with van der Waals surface area (Å²) in [6.07, 6.45) is 1.11. The van der Waals surface area contributed by atoms with Crippen LogP contribution in [0.5, 0.6) is 0 Å². The van der Waals surface area contributed by atoms with Crippen LogP contribution < -0.4 is 5.32 Å². The molecule has 0 bridgehead atoms. The second-order valence-electron chi connectivity index (χ2n) is 6.66. The van der Waals surface area contributed by atoms with E-state index in [4.69, 9.17) is 9.47 Å². The molecule has 11 nitrogen and oxygen atoms in total. The molecule has 0 radical (unpaired) electrons. The second-order valence-corrected chi connectivity index (χ2v) is 9.55. The summed E-state index contributed by atoms with van der Waals surface area (Å²) in [5, 5.41) is 15.6. The molecule has 1 aromatic carbocycles. The van der Waals surface area contributed by atoms with Crippen molar-refractivity contribution in [3.63, 3.8) is 0 Å². The van der Waals surface area contributed by atoms with Crippen molar-refractivity contribution < 1.29 is 27.6 Å². The third-order valence-electron chi connectivity index (χ3n) is 4.35. The van der Waals surface area contributed by atoms with Crippen molar-refractivity contribution in [1.29, 1.82) is 0 Å². The number of amides is 1. The highest BCUT2D eigenvalue weighted by molar-refractivity contribution is 7.89. The maximum atomic E-state index is 13.2. The van der Waals surface area contributed by atoms with Crippen LogP contribution in [-0.2, 0) is 26.0 Å². The van der Waals surface area contributed by atoms with Crippen LogP contribution in [0.25, 0.3) is 0 Å². The maximum absolute atomic E-state index is 13.2. The topological polar surface area (TPSA) is 141 Å². The van der Waals surface area contributed by atoms with E-state index in [2.05, 4.69) is 10.3 Å². The first-order valence-electron chi connectivity index (χ1n) is 9.74. The van der Waals surface area contributed by atoms with Crippen LogP contribution in [0.1, 0.15) is 28.3 Å². The van der Waals surface area contributed by atoms with Gasteiger partial charge in [-0.05, 0) is 25.0 Å². The number of rotatable bonds is 14. The summed E-state index contributed by atoms with van der Waals surface area (Å²) in [5.41, 5.74) is 0.0166. The number of nitro benzene ring substituents is 1. The van der Waals surface area contributed by atoms with Gasteiger partial charge in [0.1, 0.15) is 10.7 Å². The number of thiazole rings is 1. The molecule has 1 heterocycles. The lowest BCUT2D eigenvalue weighted by Crippen LogP contribution is -2.32. The van der Waals surface area contributed by atoms with Crippen LogP contribution in [0.15, 0.2) is 34.5 Å². The number of nitro groups is 1. The van der Waals surface area contributed by atoms with Crippen molar-refractivity contribution in [3.05, 3.63) is 50.5 Å². The van der Waals surface area contributed by atoms with Crippen LogP contribution in [-0.4, -0.2) is 69.1 Å². The summed E-state index contributed by atoms with van der Waals surface area (Å²) in [6.45, 7) is 1.45. The molecular formula is C19H26N4O7S2. The zero-order valence-electron chi connectivity index (χ0n) is 17.9. The normalized spacial score (nSPS) is 11.6. The van der Waals surface area contributed by atoms with Crippen LogP contribution in [0.2, 0.25) is 0 Å². The molecule has 0 unspecified atom stereocenters. The van der Waals surface area contributed by atoms with Gasteiger partial charge in [-0.1, -0.05) is 0 Å². The van der Waals surface area contributed by atoms with E-state index in [0.717, 1.165) is 12.1 Å². The van der Waals surface area contributed by atoms with Crippen LogP contribution >= 0.6 is 11.3 Å². The Labute approximate surface area is 190 Å². The Morgan fingerprint density at radius 2 is 1.84 bits per heavy atom. The Bertz CT molecular complexity index is 993. The summed E-state index contributed by atoms with van der Waals surface area (Å²) in [7, 11) is -0.844. The third-order valence-corrected chi connectivity index (χ3v) is 7.04. The minimum Gasteiger partial charge on any atom is -0.385 e. The van der Waals surface area contributed by atoms with E-state index in [0.29, 0.717) is 37.6 Å². The number of ether oxygens (including phenoxy) is 2. The molecule has 0 spiro atoms. The van der Waals surface area contributed by atoms with E-state index in [-0.39, 0.29) is 35.3 Å². The average molecular weight is 487 g/mol. The minimum atomic E-state index is -3.95. The summed E-state index contributed by atoms with van der Waals surface area (Å²) < 4.78 is 37.5. The number of benzene rings is 1. The van der Waals surface area contributed by atoms with Crippen molar-refractivity contribution in [2.24, 2.45) is 0 Å². The lowest BCUT2D eigenvalue weighted by Gasteiger charge is -2.21. The second kappa shape index (κ2) is 12.6. The fourth-order valence-electron chi connectivity index (χ4n) is 2.71. The predicted octanol–water partition coefficient (Wildman–Crippen LogP) is 2.04. The van der Waals surface area contributed by atoms with Gasteiger partial charge in [0.2, 0.25) is 10.0 Å². The molecule has 2 aromatic rings. The molecule has 1 N–H and O–H groups in total. The van der Waals surface area contributed by atoms with Gasteiger partial charge in [0.05, 0.1) is 16.4 Å². The first-order valence-corrected chi connectivity index (χ1v) is 12.1. The quantitative estimate of drug-likeness (QED) is 0.243. The molecule has 0 atom stereocenters.